The van der Waals surface area contributed by atoms with Crippen molar-refractivity contribution in [1.29, 1.82) is 0 Å². The molecule has 0 aliphatic carbocycles. The Labute approximate surface area is 153 Å². The Morgan fingerprint density at radius 1 is 0.654 bits per heavy atom. The zero-order chi connectivity index (χ0) is 22.0. The van der Waals surface area contributed by atoms with E-state index in [0.29, 0.717) is 13.1 Å². The van der Waals surface area contributed by atoms with Crippen LogP contribution in [0, 0.1) is 0 Å². The van der Waals surface area contributed by atoms with E-state index in [2.05, 4.69) is 10.6 Å². The molecule has 0 saturated heterocycles. The molecule has 0 rings (SSSR count). The fourth-order valence-electron chi connectivity index (χ4n) is 0.608. The number of hydrogen-bond acceptors (Lipinski definition) is 8. The average molecular weight is 387 g/mol. The Bertz CT molecular complexity index is 268. The number of carbonyl (C=O) groups is 4. The zero-order valence-corrected chi connectivity index (χ0v) is 15.7. The van der Waals surface area contributed by atoms with Crippen molar-refractivity contribution in [2.45, 2.75) is 27.7 Å². The van der Waals surface area contributed by atoms with Crippen molar-refractivity contribution in [2.75, 3.05) is 39.3 Å². The Morgan fingerprint density at radius 2 is 0.885 bits per heavy atom. The summed E-state index contributed by atoms with van der Waals surface area (Å²) < 4.78 is 0. The van der Waals surface area contributed by atoms with Crippen LogP contribution >= 0.6 is 0 Å². The van der Waals surface area contributed by atoms with Gasteiger partial charge < -0.3 is 41.9 Å². The van der Waals surface area contributed by atoms with Crippen molar-refractivity contribution >= 4 is 23.9 Å². The van der Waals surface area contributed by atoms with Crippen molar-refractivity contribution in [3.63, 3.8) is 0 Å². The molecule has 9 N–H and O–H groups in total. The molecule has 0 radical (unpaired) electrons. The molecule has 0 saturated carbocycles. The number of hydrogen-bond donors (Lipinski definition) is 8. The molecule has 158 valence electrons. The number of nitrogens with two attached hydrogens (primary N) is 1. The molecule has 0 bridgehead atoms. The topological polar surface area (TPSA) is 220 Å². The van der Waals surface area contributed by atoms with E-state index >= 15 is 0 Å². The Hall–Kier alpha value is -2.28. The van der Waals surface area contributed by atoms with E-state index in [1.165, 1.54) is 0 Å². The molecular formula is C14H33N3O9. The van der Waals surface area contributed by atoms with Crippen LogP contribution in [0.5, 0.6) is 0 Å². The van der Waals surface area contributed by atoms with Gasteiger partial charge in [0, 0.05) is 60.4 Å². The third kappa shape index (κ3) is 419. The summed E-state index contributed by atoms with van der Waals surface area (Å²) in [6.07, 6.45) is 0. The molecular weight excluding hydrogens is 354 g/mol. The monoisotopic (exact) mass is 387 g/mol. The summed E-state index contributed by atoms with van der Waals surface area (Å²) in [5.74, 6) is -3.33. The van der Waals surface area contributed by atoms with Gasteiger partial charge in [-0.1, -0.05) is 0 Å². The zero-order valence-electron chi connectivity index (χ0n) is 15.7. The molecule has 0 amide bonds. The van der Waals surface area contributed by atoms with Gasteiger partial charge in [-0.15, -0.1) is 0 Å². The molecule has 26 heavy (non-hydrogen) atoms. The molecule has 0 aromatic rings. The second-order valence-corrected chi connectivity index (χ2v) is 4.09. The number of rotatable bonds is 7. The second kappa shape index (κ2) is 34.1. The first-order chi connectivity index (χ1) is 11.8. The SMILES string of the molecule is CC(=O)O.CC(=O)O.CC(=O)O.CC(=O)O.NCCNCCNCCO. The van der Waals surface area contributed by atoms with Crippen molar-refractivity contribution in [3.05, 3.63) is 0 Å². The summed E-state index contributed by atoms with van der Waals surface area (Å²) >= 11 is 0. The maximum atomic E-state index is 9.00. The molecule has 0 aromatic heterocycles. The molecule has 0 aliphatic heterocycles. The normalized spacial score (nSPS) is 7.77. The van der Waals surface area contributed by atoms with Gasteiger partial charge in [-0.05, 0) is 0 Å². The smallest absolute Gasteiger partial charge is 0.300 e. The molecule has 12 nitrogen and oxygen atoms in total. The minimum absolute atomic E-state index is 0.205. The van der Waals surface area contributed by atoms with Crippen LogP contribution in [0.4, 0.5) is 0 Å². The van der Waals surface area contributed by atoms with E-state index in [-0.39, 0.29) is 6.61 Å². The van der Waals surface area contributed by atoms with Gasteiger partial charge in [-0.2, -0.15) is 0 Å². The lowest BCUT2D eigenvalue weighted by atomic mass is 10.5. The van der Waals surface area contributed by atoms with Crippen molar-refractivity contribution < 1.29 is 44.7 Å². The van der Waals surface area contributed by atoms with Crippen LogP contribution < -0.4 is 16.4 Å². The highest BCUT2D eigenvalue weighted by molar-refractivity contribution is 5.63. The van der Waals surface area contributed by atoms with E-state index in [9.17, 15) is 0 Å². The van der Waals surface area contributed by atoms with E-state index < -0.39 is 23.9 Å². The summed E-state index contributed by atoms with van der Waals surface area (Å²) in [6, 6.07) is 0. The third-order valence-electron chi connectivity index (χ3n) is 1.09. The molecule has 0 atom stereocenters. The average Bonchev–Trinajstić information content (AvgIpc) is 2.40. The summed E-state index contributed by atoms with van der Waals surface area (Å²) in [4.78, 5) is 36.0. The highest BCUT2D eigenvalue weighted by Crippen LogP contribution is 1.58. The van der Waals surface area contributed by atoms with Crippen LogP contribution in [0.25, 0.3) is 0 Å². The van der Waals surface area contributed by atoms with Gasteiger partial charge in [0.05, 0.1) is 6.61 Å². The number of carboxylic acids is 4. The van der Waals surface area contributed by atoms with E-state index in [1.807, 2.05) is 0 Å². The minimum atomic E-state index is -0.833. The third-order valence-corrected chi connectivity index (χ3v) is 1.09. The van der Waals surface area contributed by atoms with Crippen LogP contribution in [-0.4, -0.2) is 88.7 Å². The van der Waals surface area contributed by atoms with Crippen molar-refractivity contribution in [1.82, 2.24) is 10.6 Å². The predicted molar refractivity (Wildman–Crippen MR) is 95.1 cm³/mol. The Kier molecular flexibility index (Phi) is 45.9. The molecule has 0 aromatic carbocycles. The quantitative estimate of drug-likeness (QED) is 0.233. The number of nitrogens with one attached hydrogen (secondary N) is 2. The maximum Gasteiger partial charge on any atom is 0.300 e. The van der Waals surface area contributed by atoms with Crippen molar-refractivity contribution in [2.24, 2.45) is 5.73 Å². The standard InChI is InChI=1S/C6H17N3O.4C2H4O2/c7-1-2-8-3-4-9-5-6-10;4*1-2(3)4/h8-10H,1-7H2;4*1H3,(H,3,4). The number of carboxylic acid groups (broad SMARTS) is 4. The fraction of sp³-hybridized carbons (Fsp3) is 0.714. The van der Waals surface area contributed by atoms with Gasteiger partial charge in [-0.25, -0.2) is 0 Å². The summed E-state index contributed by atoms with van der Waals surface area (Å²) in [5.41, 5.74) is 5.25. The Balaban J connectivity index is -0.0000000776. The van der Waals surface area contributed by atoms with Crippen LogP contribution in [0.15, 0.2) is 0 Å². The number of aliphatic carboxylic acids is 4. The van der Waals surface area contributed by atoms with Gasteiger partial charge in [-0.3, -0.25) is 19.2 Å². The van der Waals surface area contributed by atoms with Crippen molar-refractivity contribution in [3.8, 4) is 0 Å². The maximum absolute atomic E-state index is 9.00. The van der Waals surface area contributed by atoms with Crippen LogP contribution in [0.2, 0.25) is 0 Å². The first-order valence-electron chi connectivity index (χ1n) is 7.35. The molecule has 0 unspecified atom stereocenters. The molecule has 12 heteroatoms. The second-order valence-electron chi connectivity index (χ2n) is 4.09. The minimum Gasteiger partial charge on any atom is -0.481 e. The summed E-state index contributed by atoms with van der Waals surface area (Å²) in [5, 5.41) is 44.2. The predicted octanol–water partition coefficient (Wildman–Crippen LogP) is -1.52. The molecule has 0 heterocycles. The van der Waals surface area contributed by atoms with Crippen LogP contribution in [-0.2, 0) is 19.2 Å². The number of aliphatic hydroxyl groups excluding tert-OH is 1. The largest absolute Gasteiger partial charge is 0.481 e. The van der Waals surface area contributed by atoms with E-state index in [1.54, 1.807) is 0 Å². The number of aliphatic hydroxyl groups is 1. The fourth-order valence-corrected chi connectivity index (χ4v) is 0.608. The molecule has 0 fully saturated rings. The van der Waals surface area contributed by atoms with Gasteiger partial charge in [0.1, 0.15) is 0 Å². The lowest BCUT2D eigenvalue weighted by molar-refractivity contribution is -0.135. The van der Waals surface area contributed by atoms with Crippen LogP contribution in [0.3, 0.4) is 0 Å². The summed E-state index contributed by atoms with van der Waals surface area (Å²) in [6.45, 7) is 8.56. The highest BCUT2D eigenvalue weighted by Gasteiger charge is 1.84. The summed E-state index contributed by atoms with van der Waals surface area (Å²) in [7, 11) is 0. The van der Waals surface area contributed by atoms with Gasteiger partial charge in [0.2, 0.25) is 0 Å². The first-order valence-corrected chi connectivity index (χ1v) is 7.35. The highest BCUT2D eigenvalue weighted by atomic mass is 16.4. The first kappa shape index (κ1) is 34.9. The van der Waals surface area contributed by atoms with Gasteiger partial charge in [0.25, 0.3) is 23.9 Å². The van der Waals surface area contributed by atoms with Crippen LogP contribution in [0.1, 0.15) is 27.7 Å². The van der Waals surface area contributed by atoms with Gasteiger partial charge >= 0.3 is 0 Å². The van der Waals surface area contributed by atoms with Gasteiger partial charge in [0.15, 0.2) is 0 Å². The van der Waals surface area contributed by atoms with E-state index in [0.717, 1.165) is 47.3 Å². The lowest BCUT2D eigenvalue weighted by Gasteiger charge is -2.02. The van der Waals surface area contributed by atoms with E-state index in [4.69, 9.17) is 50.4 Å². The Morgan fingerprint density at radius 3 is 1.08 bits per heavy atom. The lowest BCUT2D eigenvalue weighted by Crippen LogP contribution is -2.31. The molecule has 0 spiro atoms. The molecule has 0 aliphatic rings.